The number of carbonyl (C=O) groups is 1. The molecule has 0 fully saturated rings. The van der Waals surface area contributed by atoms with E-state index in [4.69, 9.17) is 16.4 Å². The van der Waals surface area contributed by atoms with E-state index in [9.17, 15) is 4.79 Å². The third-order valence-electron chi connectivity index (χ3n) is 2.93. The largest absolute Gasteiger partial charge is 0.341 e. The van der Waals surface area contributed by atoms with E-state index in [-0.39, 0.29) is 6.03 Å². The molecule has 0 heterocycles. The fourth-order valence-corrected chi connectivity index (χ4v) is 1.96. The van der Waals surface area contributed by atoms with Crippen molar-refractivity contribution in [3.8, 4) is 0 Å². The van der Waals surface area contributed by atoms with Gasteiger partial charge in [0, 0.05) is 11.6 Å². The van der Waals surface area contributed by atoms with E-state index in [1.54, 1.807) is 0 Å². The summed E-state index contributed by atoms with van der Waals surface area (Å²) >= 11 is 6.00. The maximum atomic E-state index is 12.2. The number of hydrogen-bond donors (Lipinski definition) is 1. The van der Waals surface area contributed by atoms with Crippen LogP contribution >= 0.6 is 11.6 Å². The van der Waals surface area contributed by atoms with Gasteiger partial charge in [0.25, 0.3) is 0 Å². The van der Waals surface area contributed by atoms with Gasteiger partial charge in [0.05, 0.1) is 12.1 Å². The quantitative estimate of drug-likeness (QED) is 0.808. The minimum atomic E-state index is -0.523. The smallest absolute Gasteiger partial charge is 0.327 e. The molecule has 4 nitrogen and oxygen atoms in total. The first-order valence-electron chi connectivity index (χ1n) is 6.89. The van der Waals surface area contributed by atoms with Crippen LogP contribution < -0.4 is 5.32 Å². The molecule has 20 heavy (non-hydrogen) atoms. The third-order valence-corrected chi connectivity index (χ3v) is 3.17. The highest BCUT2D eigenvalue weighted by Gasteiger charge is 2.25. The molecule has 0 radical (unpaired) electrons. The third kappa shape index (κ3) is 4.69. The number of amides is 2. The van der Waals surface area contributed by atoms with Gasteiger partial charge in [-0.2, -0.15) is 0 Å². The number of nitrogens with one attached hydrogen (secondary N) is 1. The number of hydroxylamine groups is 2. The Morgan fingerprint density at radius 2 is 2.10 bits per heavy atom. The van der Waals surface area contributed by atoms with Gasteiger partial charge in [-0.15, -0.1) is 0 Å². The van der Waals surface area contributed by atoms with Crippen molar-refractivity contribution in [2.45, 2.75) is 39.7 Å². The molecule has 0 aromatic heterocycles. The van der Waals surface area contributed by atoms with E-state index in [1.165, 1.54) is 5.06 Å². The lowest BCUT2D eigenvalue weighted by Gasteiger charge is -2.30. The Balaban J connectivity index is 2.76. The Morgan fingerprint density at radius 1 is 1.40 bits per heavy atom. The van der Waals surface area contributed by atoms with E-state index in [0.717, 1.165) is 12.0 Å². The molecule has 0 spiro atoms. The van der Waals surface area contributed by atoms with Crippen molar-refractivity contribution in [2.75, 3.05) is 13.2 Å². The van der Waals surface area contributed by atoms with Crippen LogP contribution in [-0.4, -0.2) is 24.2 Å². The first-order chi connectivity index (χ1) is 9.40. The minimum Gasteiger partial charge on any atom is -0.327 e. The summed E-state index contributed by atoms with van der Waals surface area (Å²) in [5.74, 6) is 0. The molecule has 2 amide bonds. The lowest BCUT2D eigenvalue weighted by Crippen LogP contribution is -2.48. The molecule has 1 aromatic rings. The van der Waals surface area contributed by atoms with Crippen LogP contribution in [-0.2, 0) is 10.4 Å². The van der Waals surface area contributed by atoms with Crippen LogP contribution in [0.5, 0.6) is 0 Å². The molecule has 1 N–H and O–H groups in total. The molecular formula is C15H23ClN2O2. The molecule has 0 saturated heterocycles. The topological polar surface area (TPSA) is 41.6 Å². The van der Waals surface area contributed by atoms with Crippen LogP contribution in [0.4, 0.5) is 4.79 Å². The first kappa shape index (κ1) is 16.8. The maximum absolute atomic E-state index is 12.2. The first-order valence-corrected chi connectivity index (χ1v) is 7.27. The zero-order chi connectivity index (χ0) is 15.2. The average molecular weight is 299 g/mol. The molecule has 1 aromatic carbocycles. The van der Waals surface area contributed by atoms with Gasteiger partial charge in [-0.1, -0.05) is 30.7 Å². The van der Waals surface area contributed by atoms with Gasteiger partial charge in [0.1, 0.15) is 0 Å². The fourth-order valence-electron chi connectivity index (χ4n) is 1.77. The number of rotatable bonds is 6. The van der Waals surface area contributed by atoms with E-state index >= 15 is 0 Å². The summed E-state index contributed by atoms with van der Waals surface area (Å²) in [5, 5.41) is 4.96. The normalized spacial score (nSPS) is 11.2. The van der Waals surface area contributed by atoms with Crippen molar-refractivity contribution in [3.63, 3.8) is 0 Å². The Morgan fingerprint density at radius 3 is 2.65 bits per heavy atom. The lowest BCUT2D eigenvalue weighted by molar-refractivity contribution is -0.115. The summed E-state index contributed by atoms with van der Waals surface area (Å²) in [5.41, 5.74) is 0.426. The Labute approximate surface area is 126 Å². The highest BCUT2D eigenvalue weighted by Crippen LogP contribution is 2.23. The van der Waals surface area contributed by atoms with Crippen molar-refractivity contribution >= 4 is 17.6 Å². The van der Waals surface area contributed by atoms with Crippen molar-refractivity contribution in [1.29, 1.82) is 0 Å². The van der Waals surface area contributed by atoms with Crippen molar-refractivity contribution < 1.29 is 9.63 Å². The molecule has 5 heteroatoms. The van der Waals surface area contributed by atoms with E-state index in [0.29, 0.717) is 18.2 Å². The molecule has 0 unspecified atom stereocenters. The predicted octanol–water partition coefficient (Wildman–Crippen LogP) is 3.95. The van der Waals surface area contributed by atoms with Crippen LogP contribution in [0.15, 0.2) is 24.3 Å². The van der Waals surface area contributed by atoms with Gasteiger partial charge in [-0.3, -0.25) is 4.84 Å². The Hall–Kier alpha value is -1.26. The lowest BCUT2D eigenvalue weighted by atomic mass is 9.94. The van der Waals surface area contributed by atoms with Gasteiger partial charge in [0.15, 0.2) is 0 Å². The van der Waals surface area contributed by atoms with E-state index < -0.39 is 5.54 Å². The van der Waals surface area contributed by atoms with Crippen LogP contribution in [0.3, 0.4) is 0 Å². The second kappa shape index (κ2) is 7.50. The van der Waals surface area contributed by atoms with Crippen molar-refractivity contribution in [3.05, 3.63) is 34.9 Å². The molecule has 0 aliphatic rings. The molecule has 112 valence electrons. The molecule has 0 aliphatic carbocycles. The summed E-state index contributed by atoms with van der Waals surface area (Å²) in [6, 6.07) is 7.23. The van der Waals surface area contributed by atoms with Crippen LogP contribution in [0.1, 0.15) is 39.7 Å². The maximum Gasteiger partial charge on any atom is 0.341 e. The van der Waals surface area contributed by atoms with Gasteiger partial charge in [-0.25, -0.2) is 9.86 Å². The number of carbonyl (C=O) groups excluding carboxylic acids is 1. The minimum absolute atomic E-state index is 0.245. The van der Waals surface area contributed by atoms with Crippen molar-refractivity contribution in [1.82, 2.24) is 10.4 Å². The fraction of sp³-hybridized carbons (Fsp3) is 0.533. The Kier molecular flexibility index (Phi) is 6.30. The van der Waals surface area contributed by atoms with E-state index in [1.807, 2.05) is 52.0 Å². The average Bonchev–Trinajstić information content (AvgIpc) is 2.39. The summed E-state index contributed by atoms with van der Waals surface area (Å²) in [7, 11) is 0. The molecule has 0 bridgehead atoms. The number of halogens is 1. The zero-order valence-corrected chi connectivity index (χ0v) is 13.3. The molecular weight excluding hydrogens is 276 g/mol. The Bertz CT molecular complexity index is 449. The monoisotopic (exact) mass is 298 g/mol. The highest BCUT2D eigenvalue weighted by atomic mass is 35.5. The number of urea groups is 1. The number of benzene rings is 1. The molecule has 0 saturated carbocycles. The van der Waals surface area contributed by atoms with Crippen LogP contribution in [0.2, 0.25) is 5.02 Å². The summed E-state index contributed by atoms with van der Waals surface area (Å²) < 4.78 is 0. The predicted molar refractivity (Wildman–Crippen MR) is 81.6 cm³/mol. The van der Waals surface area contributed by atoms with Gasteiger partial charge in [-0.05, 0) is 44.9 Å². The second-order valence-corrected chi connectivity index (χ2v) is 5.53. The van der Waals surface area contributed by atoms with Gasteiger partial charge < -0.3 is 5.32 Å². The van der Waals surface area contributed by atoms with Crippen LogP contribution in [0.25, 0.3) is 0 Å². The summed E-state index contributed by atoms with van der Waals surface area (Å²) in [6.45, 7) is 8.77. The number of hydrogen-bond acceptors (Lipinski definition) is 2. The second-order valence-electron chi connectivity index (χ2n) is 5.09. The van der Waals surface area contributed by atoms with Gasteiger partial charge in [0.2, 0.25) is 0 Å². The summed E-state index contributed by atoms with van der Waals surface area (Å²) in [6.07, 6.45) is 0.863. The SMILES string of the molecule is CCCON(CC)C(=O)NC(C)(C)c1cccc(Cl)c1. The standard InChI is InChI=1S/C15H23ClN2O2/c1-5-10-20-18(6-2)14(19)17-15(3,4)12-8-7-9-13(16)11-12/h7-9,11H,5-6,10H2,1-4H3,(H,17,19). The van der Waals surface area contributed by atoms with E-state index in [2.05, 4.69) is 5.32 Å². The zero-order valence-electron chi connectivity index (χ0n) is 12.6. The summed E-state index contributed by atoms with van der Waals surface area (Å²) in [4.78, 5) is 17.6. The van der Waals surface area contributed by atoms with Crippen molar-refractivity contribution in [2.24, 2.45) is 0 Å². The van der Waals surface area contributed by atoms with Gasteiger partial charge >= 0.3 is 6.03 Å². The molecule has 0 aliphatic heterocycles. The molecule has 1 rings (SSSR count). The van der Waals surface area contributed by atoms with Crippen LogP contribution in [0, 0.1) is 0 Å². The molecule has 0 atom stereocenters. The highest BCUT2D eigenvalue weighted by molar-refractivity contribution is 6.30. The number of nitrogens with zero attached hydrogens (tertiary/aromatic N) is 1.